The summed E-state index contributed by atoms with van der Waals surface area (Å²) in [7, 11) is 2.16. The van der Waals surface area contributed by atoms with Crippen molar-refractivity contribution in [3.63, 3.8) is 0 Å². The standard InChI is InChI=1S/C22H26F2N4/c1-21(2)14-7-8-22(21,18-12-28(3)10-9-25-18)20-13(14)11-17(26-27-20)19-15(23)5-4-6-16(19)24/h4-6,11,14,18,25H,7-10,12H2,1-3H3. The molecule has 1 aromatic carbocycles. The van der Waals surface area contributed by atoms with Crippen LogP contribution in [0.3, 0.4) is 0 Å². The zero-order chi connectivity index (χ0) is 19.7. The minimum absolute atomic E-state index is 0.0201. The molecule has 1 aliphatic heterocycles. The van der Waals surface area contributed by atoms with Gasteiger partial charge in [0, 0.05) is 31.1 Å². The average molecular weight is 384 g/mol. The zero-order valence-corrected chi connectivity index (χ0v) is 16.6. The predicted octanol–water partition coefficient (Wildman–Crippen LogP) is 3.48. The summed E-state index contributed by atoms with van der Waals surface area (Å²) >= 11 is 0. The summed E-state index contributed by atoms with van der Waals surface area (Å²) in [6.07, 6.45) is 2.15. The monoisotopic (exact) mass is 384 g/mol. The maximum Gasteiger partial charge on any atom is 0.135 e. The number of nitrogens with zero attached hydrogens (tertiary/aromatic N) is 3. The minimum Gasteiger partial charge on any atom is -0.310 e. The number of aromatic nitrogens is 2. The van der Waals surface area contributed by atoms with Crippen molar-refractivity contribution in [3.8, 4) is 11.3 Å². The molecule has 28 heavy (non-hydrogen) atoms. The molecule has 1 saturated carbocycles. The molecule has 0 radical (unpaired) electrons. The number of halogens is 2. The summed E-state index contributed by atoms with van der Waals surface area (Å²) in [5.41, 5.74) is 2.29. The van der Waals surface area contributed by atoms with Gasteiger partial charge in [-0.15, -0.1) is 0 Å². The number of hydrogen-bond acceptors (Lipinski definition) is 4. The van der Waals surface area contributed by atoms with E-state index in [9.17, 15) is 8.78 Å². The Balaban J connectivity index is 1.65. The second-order valence-corrected chi connectivity index (χ2v) is 9.18. The van der Waals surface area contributed by atoms with E-state index >= 15 is 0 Å². The van der Waals surface area contributed by atoms with Gasteiger partial charge in [-0.2, -0.15) is 10.2 Å². The fraction of sp³-hybridized carbons (Fsp3) is 0.545. The Bertz CT molecular complexity index is 924. The molecule has 148 valence electrons. The number of benzene rings is 1. The van der Waals surface area contributed by atoms with Gasteiger partial charge in [-0.1, -0.05) is 19.9 Å². The molecule has 2 aromatic rings. The number of likely N-dealkylation sites (N-methyl/N-ethyl adjacent to an activating group) is 1. The van der Waals surface area contributed by atoms with Crippen LogP contribution in [0.4, 0.5) is 8.78 Å². The van der Waals surface area contributed by atoms with Gasteiger partial charge in [0.25, 0.3) is 0 Å². The lowest BCUT2D eigenvalue weighted by Gasteiger charge is -2.48. The van der Waals surface area contributed by atoms with Crippen LogP contribution in [0.15, 0.2) is 24.3 Å². The van der Waals surface area contributed by atoms with Gasteiger partial charge < -0.3 is 10.2 Å². The lowest BCUT2D eigenvalue weighted by Crippen LogP contribution is -2.61. The molecule has 2 fully saturated rings. The number of piperazine rings is 1. The molecule has 5 rings (SSSR count). The van der Waals surface area contributed by atoms with Gasteiger partial charge in [0.2, 0.25) is 0 Å². The van der Waals surface area contributed by atoms with Crippen molar-refractivity contribution in [1.82, 2.24) is 20.4 Å². The minimum atomic E-state index is -0.595. The zero-order valence-electron chi connectivity index (χ0n) is 16.6. The molecular formula is C22H26F2N4. The molecule has 3 unspecified atom stereocenters. The van der Waals surface area contributed by atoms with Gasteiger partial charge in [-0.3, -0.25) is 0 Å². The van der Waals surface area contributed by atoms with Crippen LogP contribution in [0.25, 0.3) is 11.3 Å². The highest BCUT2D eigenvalue weighted by Crippen LogP contribution is 2.68. The molecule has 0 amide bonds. The van der Waals surface area contributed by atoms with Crippen LogP contribution in [0, 0.1) is 17.0 Å². The summed E-state index contributed by atoms with van der Waals surface area (Å²) in [5.74, 6) is -0.857. The van der Waals surface area contributed by atoms with Crippen LogP contribution in [0.2, 0.25) is 0 Å². The van der Waals surface area contributed by atoms with Crippen LogP contribution in [-0.2, 0) is 5.41 Å². The number of nitrogens with one attached hydrogen (secondary N) is 1. The van der Waals surface area contributed by atoms with Crippen LogP contribution in [0.5, 0.6) is 0 Å². The van der Waals surface area contributed by atoms with E-state index in [1.807, 2.05) is 6.07 Å². The second-order valence-electron chi connectivity index (χ2n) is 9.18. The Hall–Kier alpha value is -1.92. The van der Waals surface area contributed by atoms with Gasteiger partial charge in [0.1, 0.15) is 11.6 Å². The van der Waals surface area contributed by atoms with E-state index in [1.54, 1.807) is 0 Å². The third-order valence-electron chi connectivity index (χ3n) is 7.66. The summed E-state index contributed by atoms with van der Waals surface area (Å²) in [4.78, 5) is 2.37. The second kappa shape index (κ2) is 6.04. The highest BCUT2D eigenvalue weighted by molar-refractivity contribution is 5.63. The highest BCUT2D eigenvalue weighted by atomic mass is 19.1. The molecule has 0 spiro atoms. The molecular weight excluding hydrogens is 358 g/mol. The summed E-state index contributed by atoms with van der Waals surface area (Å²) < 4.78 is 28.6. The summed E-state index contributed by atoms with van der Waals surface area (Å²) in [6, 6.07) is 6.11. The number of hydrogen-bond donors (Lipinski definition) is 1. The molecule has 3 atom stereocenters. The van der Waals surface area contributed by atoms with Crippen molar-refractivity contribution < 1.29 is 8.78 Å². The highest BCUT2D eigenvalue weighted by Gasteiger charge is 2.66. The third kappa shape index (κ3) is 2.22. The van der Waals surface area contributed by atoms with Crippen LogP contribution >= 0.6 is 0 Å². The fourth-order valence-corrected chi connectivity index (χ4v) is 6.23. The first-order valence-corrected chi connectivity index (χ1v) is 10.1. The molecule has 1 N–H and O–H groups in total. The average Bonchev–Trinajstić information content (AvgIpc) is 3.03. The van der Waals surface area contributed by atoms with Crippen molar-refractivity contribution in [2.24, 2.45) is 5.41 Å². The summed E-state index contributed by atoms with van der Waals surface area (Å²) in [5, 5.41) is 12.7. The van der Waals surface area contributed by atoms with Gasteiger partial charge >= 0.3 is 0 Å². The Morgan fingerprint density at radius 2 is 1.93 bits per heavy atom. The molecule has 1 aromatic heterocycles. The van der Waals surface area contributed by atoms with Crippen LogP contribution in [-0.4, -0.2) is 47.8 Å². The van der Waals surface area contributed by atoms with Gasteiger partial charge in [-0.25, -0.2) is 8.78 Å². The first kappa shape index (κ1) is 18.1. The number of rotatable bonds is 2. The molecule has 1 saturated heterocycles. The smallest absolute Gasteiger partial charge is 0.135 e. The van der Waals surface area contributed by atoms with E-state index in [2.05, 4.69) is 41.3 Å². The van der Waals surface area contributed by atoms with Crippen LogP contribution < -0.4 is 5.32 Å². The van der Waals surface area contributed by atoms with Crippen molar-refractivity contribution in [2.75, 3.05) is 26.7 Å². The van der Waals surface area contributed by atoms with Crippen LogP contribution in [0.1, 0.15) is 43.9 Å². The fourth-order valence-electron chi connectivity index (χ4n) is 6.23. The molecule has 6 heteroatoms. The SMILES string of the molecule is CN1CCNC(C23CCC(c4cc(-c5c(F)cccc5F)nnc42)C3(C)C)C1. The quantitative estimate of drug-likeness (QED) is 0.861. The Labute approximate surface area is 164 Å². The van der Waals surface area contributed by atoms with Crippen molar-refractivity contribution in [2.45, 2.75) is 44.1 Å². The van der Waals surface area contributed by atoms with E-state index < -0.39 is 11.6 Å². The van der Waals surface area contributed by atoms with E-state index in [0.717, 1.165) is 43.7 Å². The topological polar surface area (TPSA) is 41.0 Å². The Morgan fingerprint density at radius 3 is 2.64 bits per heavy atom. The van der Waals surface area contributed by atoms with Gasteiger partial charge in [0.05, 0.1) is 17.0 Å². The Morgan fingerprint density at radius 1 is 1.18 bits per heavy atom. The normalized spacial score (nSPS) is 31.2. The molecule has 2 heterocycles. The third-order valence-corrected chi connectivity index (χ3v) is 7.66. The van der Waals surface area contributed by atoms with Crippen molar-refractivity contribution >= 4 is 0 Å². The van der Waals surface area contributed by atoms with Crippen molar-refractivity contribution in [3.05, 3.63) is 47.2 Å². The lowest BCUT2D eigenvalue weighted by molar-refractivity contribution is 0.0989. The van der Waals surface area contributed by atoms with Gasteiger partial charge in [0.15, 0.2) is 0 Å². The number of fused-ring (bicyclic) bond motifs is 5. The largest absolute Gasteiger partial charge is 0.310 e. The van der Waals surface area contributed by atoms with E-state index in [1.165, 1.54) is 18.2 Å². The first-order valence-electron chi connectivity index (χ1n) is 10.1. The van der Waals surface area contributed by atoms with Gasteiger partial charge in [-0.05, 0) is 55.0 Å². The molecule has 2 aliphatic carbocycles. The summed E-state index contributed by atoms with van der Waals surface area (Å²) in [6.45, 7) is 7.63. The maximum absolute atomic E-state index is 14.3. The molecule has 4 nitrogen and oxygen atoms in total. The molecule has 2 bridgehead atoms. The lowest BCUT2D eigenvalue weighted by atomic mass is 9.63. The molecule has 3 aliphatic rings. The van der Waals surface area contributed by atoms with Crippen molar-refractivity contribution in [1.29, 1.82) is 0 Å². The first-order chi connectivity index (χ1) is 13.4. The van der Waals surface area contributed by atoms with E-state index in [-0.39, 0.29) is 16.4 Å². The Kier molecular flexibility index (Phi) is 3.91. The predicted molar refractivity (Wildman–Crippen MR) is 104 cm³/mol. The maximum atomic E-state index is 14.3. The van der Waals surface area contributed by atoms with E-state index in [4.69, 9.17) is 0 Å². The van der Waals surface area contributed by atoms with E-state index in [0.29, 0.717) is 17.7 Å².